The van der Waals surface area contributed by atoms with Gasteiger partial charge in [-0.05, 0) is 49.4 Å². The van der Waals surface area contributed by atoms with E-state index in [9.17, 15) is 0 Å². The van der Waals surface area contributed by atoms with Crippen molar-refractivity contribution >= 4 is 0 Å². The molecule has 0 bridgehead atoms. The van der Waals surface area contributed by atoms with Crippen LogP contribution >= 0.6 is 0 Å². The van der Waals surface area contributed by atoms with Crippen LogP contribution in [-0.4, -0.2) is 16.8 Å². The molecule has 100 valence electrons. The molecule has 3 rings (SSSR count). The van der Waals surface area contributed by atoms with Crippen LogP contribution in [-0.2, 0) is 19.9 Å². The number of hydrogen-bond acceptors (Lipinski definition) is 2. The molecule has 1 aliphatic carbocycles. The van der Waals surface area contributed by atoms with Crippen LogP contribution in [0.5, 0.6) is 0 Å². The summed E-state index contributed by atoms with van der Waals surface area (Å²) in [5.41, 5.74) is 4.33. The fraction of sp³-hybridized carbons (Fsp3) is 0.438. The van der Waals surface area contributed by atoms with Crippen LogP contribution in [0.2, 0.25) is 0 Å². The van der Waals surface area contributed by atoms with Gasteiger partial charge in [-0.3, -0.25) is 4.68 Å². The fourth-order valence-corrected chi connectivity index (χ4v) is 3.32. The Bertz CT molecular complexity index is 559. The van der Waals surface area contributed by atoms with E-state index in [0.717, 1.165) is 6.42 Å². The van der Waals surface area contributed by atoms with Gasteiger partial charge in [-0.2, -0.15) is 5.10 Å². The van der Waals surface area contributed by atoms with Crippen molar-refractivity contribution in [2.45, 2.75) is 25.3 Å². The summed E-state index contributed by atoms with van der Waals surface area (Å²) in [5, 5.41) is 7.79. The second-order valence-electron chi connectivity index (χ2n) is 5.42. The lowest BCUT2D eigenvalue weighted by molar-refractivity contribution is 0.328. The van der Waals surface area contributed by atoms with E-state index in [0.29, 0.717) is 12.0 Å². The number of rotatable bonds is 3. The van der Waals surface area contributed by atoms with E-state index in [1.807, 2.05) is 17.9 Å². The first kappa shape index (κ1) is 12.4. The maximum atomic E-state index is 4.30. The quantitative estimate of drug-likeness (QED) is 0.913. The lowest BCUT2D eigenvalue weighted by Crippen LogP contribution is -2.31. The molecule has 0 saturated heterocycles. The normalized spacial score (nSPS) is 20.0. The second-order valence-corrected chi connectivity index (χ2v) is 5.42. The average Bonchev–Trinajstić information content (AvgIpc) is 2.86. The van der Waals surface area contributed by atoms with Gasteiger partial charge in [0.2, 0.25) is 0 Å². The molecule has 2 aromatic rings. The van der Waals surface area contributed by atoms with Crippen molar-refractivity contribution in [1.29, 1.82) is 0 Å². The second kappa shape index (κ2) is 5.17. The van der Waals surface area contributed by atoms with Crippen molar-refractivity contribution in [2.75, 3.05) is 7.05 Å². The van der Waals surface area contributed by atoms with Crippen molar-refractivity contribution < 1.29 is 0 Å². The molecule has 0 fully saturated rings. The summed E-state index contributed by atoms with van der Waals surface area (Å²) < 4.78 is 1.99. The molecule has 0 spiro atoms. The third-order valence-electron chi connectivity index (χ3n) is 4.34. The van der Waals surface area contributed by atoms with Crippen molar-refractivity contribution in [3.8, 4) is 0 Å². The molecule has 0 radical (unpaired) electrons. The minimum absolute atomic E-state index is 0.390. The van der Waals surface area contributed by atoms with Crippen LogP contribution in [0.15, 0.2) is 36.5 Å². The highest BCUT2D eigenvalue weighted by Gasteiger charge is 2.27. The first-order chi connectivity index (χ1) is 9.29. The summed E-state index contributed by atoms with van der Waals surface area (Å²) >= 11 is 0. The number of hydrogen-bond donors (Lipinski definition) is 1. The van der Waals surface area contributed by atoms with Gasteiger partial charge in [0.05, 0.1) is 11.7 Å². The molecule has 2 atom stereocenters. The highest BCUT2D eigenvalue weighted by molar-refractivity contribution is 5.30. The van der Waals surface area contributed by atoms with Crippen molar-refractivity contribution in [3.63, 3.8) is 0 Å². The molecule has 0 aliphatic heterocycles. The summed E-state index contributed by atoms with van der Waals surface area (Å²) in [7, 11) is 4.08. The molecule has 1 heterocycles. The van der Waals surface area contributed by atoms with Crippen molar-refractivity contribution in [1.82, 2.24) is 15.1 Å². The predicted molar refractivity (Wildman–Crippen MR) is 77.0 cm³/mol. The standard InChI is InChI=1S/C16H21N3/c1-17-16(15-9-10-18-19(15)2)14-8-7-12-5-3-4-6-13(12)11-14/h3-6,9-10,14,16-17H,7-8,11H2,1-2H3. The van der Waals surface area contributed by atoms with Crippen LogP contribution < -0.4 is 5.32 Å². The fourth-order valence-electron chi connectivity index (χ4n) is 3.32. The third kappa shape index (κ3) is 2.30. The largest absolute Gasteiger partial charge is 0.311 e. The van der Waals surface area contributed by atoms with Crippen LogP contribution in [0.1, 0.15) is 29.3 Å². The molecule has 0 amide bonds. The highest BCUT2D eigenvalue weighted by atomic mass is 15.3. The Labute approximate surface area is 114 Å². The SMILES string of the molecule is CNC(c1ccnn1C)C1CCc2ccccc2C1. The first-order valence-electron chi connectivity index (χ1n) is 7.01. The predicted octanol–water partition coefficient (Wildman–Crippen LogP) is 2.49. The number of aromatic nitrogens is 2. The van der Waals surface area contributed by atoms with Crippen LogP contribution in [0.25, 0.3) is 0 Å². The van der Waals surface area contributed by atoms with E-state index in [1.54, 1.807) is 0 Å². The van der Waals surface area contributed by atoms with Gasteiger partial charge in [0, 0.05) is 13.2 Å². The van der Waals surface area contributed by atoms with Gasteiger partial charge in [-0.15, -0.1) is 0 Å². The molecule has 1 N–H and O–H groups in total. The summed E-state index contributed by atoms with van der Waals surface area (Å²) in [6.45, 7) is 0. The highest BCUT2D eigenvalue weighted by Crippen LogP contribution is 2.33. The summed E-state index contributed by atoms with van der Waals surface area (Å²) in [6, 6.07) is 11.4. The first-order valence-corrected chi connectivity index (χ1v) is 7.01. The Morgan fingerprint density at radius 3 is 2.74 bits per heavy atom. The van der Waals surface area contributed by atoms with E-state index >= 15 is 0 Å². The third-order valence-corrected chi connectivity index (χ3v) is 4.34. The van der Waals surface area contributed by atoms with E-state index in [4.69, 9.17) is 0 Å². The number of nitrogens with one attached hydrogen (secondary N) is 1. The Kier molecular flexibility index (Phi) is 3.38. The molecule has 2 unspecified atom stereocenters. The molecule has 1 aliphatic rings. The Hall–Kier alpha value is -1.61. The smallest absolute Gasteiger partial charge is 0.0553 e. The minimum atomic E-state index is 0.390. The number of nitrogens with zero attached hydrogens (tertiary/aromatic N) is 2. The zero-order valence-electron chi connectivity index (χ0n) is 11.6. The number of fused-ring (bicyclic) bond motifs is 1. The molecule has 3 nitrogen and oxygen atoms in total. The monoisotopic (exact) mass is 255 g/mol. The molecule has 1 aromatic heterocycles. The number of aryl methyl sites for hydroxylation is 2. The van der Waals surface area contributed by atoms with Crippen LogP contribution in [0.4, 0.5) is 0 Å². The van der Waals surface area contributed by atoms with Gasteiger partial charge < -0.3 is 5.32 Å². The Morgan fingerprint density at radius 1 is 1.26 bits per heavy atom. The zero-order chi connectivity index (χ0) is 13.2. The van der Waals surface area contributed by atoms with Crippen LogP contribution in [0, 0.1) is 5.92 Å². The van der Waals surface area contributed by atoms with Gasteiger partial charge in [0.1, 0.15) is 0 Å². The maximum absolute atomic E-state index is 4.30. The lowest BCUT2D eigenvalue weighted by atomic mass is 9.79. The van der Waals surface area contributed by atoms with Crippen molar-refractivity contribution in [2.24, 2.45) is 13.0 Å². The van der Waals surface area contributed by atoms with Gasteiger partial charge in [0.15, 0.2) is 0 Å². The van der Waals surface area contributed by atoms with E-state index in [2.05, 4.69) is 47.8 Å². The van der Waals surface area contributed by atoms with E-state index in [1.165, 1.54) is 29.7 Å². The summed E-state index contributed by atoms with van der Waals surface area (Å²) in [4.78, 5) is 0. The number of benzene rings is 1. The van der Waals surface area contributed by atoms with Crippen LogP contribution in [0.3, 0.4) is 0 Å². The average molecular weight is 255 g/mol. The molecule has 3 heteroatoms. The summed E-state index contributed by atoms with van der Waals surface area (Å²) in [6.07, 6.45) is 5.48. The Balaban J connectivity index is 1.85. The summed E-state index contributed by atoms with van der Waals surface area (Å²) in [5.74, 6) is 0.648. The molecule has 0 saturated carbocycles. The van der Waals surface area contributed by atoms with E-state index < -0.39 is 0 Å². The topological polar surface area (TPSA) is 29.9 Å². The van der Waals surface area contributed by atoms with Gasteiger partial charge in [-0.1, -0.05) is 24.3 Å². The zero-order valence-corrected chi connectivity index (χ0v) is 11.6. The maximum Gasteiger partial charge on any atom is 0.0553 e. The van der Waals surface area contributed by atoms with Gasteiger partial charge in [-0.25, -0.2) is 0 Å². The van der Waals surface area contributed by atoms with Crippen molar-refractivity contribution in [3.05, 3.63) is 53.3 Å². The van der Waals surface area contributed by atoms with E-state index in [-0.39, 0.29) is 0 Å². The lowest BCUT2D eigenvalue weighted by Gasteiger charge is -2.31. The van der Waals surface area contributed by atoms with Gasteiger partial charge in [0.25, 0.3) is 0 Å². The molecule has 1 aromatic carbocycles. The molecular formula is C16H21N3. The Morgan fingerprint density at radius 2 is 2.05 bits per heavy atom. The minimum Gasteiger partial charge on any atom is -0.311 e. The molecular weight excluding hydrogens is 234 g/mol. The van der Waals surface area contributed by atoms with Gasteiger partial charge >= 0.3 is 0 Å². The molecule has 19 heavy (non-hydrogen) atoms.